The molecule has 0 aromatic rings. The average molecular weight is 1120 g/mol. The average Bonchev–Trinajstić information content (AvgIpc) is 3.47. The van der Waals surface area contributed by atoms with Gasteiger partial charge in [0.15, 0.2) is 6.10 Å². The Morgan fingerprint density at radius 3 is 0.827 bits per heavy atom. The molecule has 0 aliphatic rings. The first kappa shape index (κ1) is 76.5. The van der Waals surface area contributed by atoms with Crippen molar-refractivity contribution >= 4 is 17.9 Å². The van der Waals surface area contributed by atoms with E-state index in [1.807, 2.05) is 0 Å². The quantitative estimate of drug-likeness (QED) is 0.0261. The Bertz CT molecular complexity index is 1720. The molecule has 0 amide bonds. The molecule has 0 radical (unpaired) electrons. The number of esters is 3. The van der Waals surface area contributed by atoms with Gasteiger partial charge in [0, 0.05) is 19.3 Å². The Hall–Kier alpha value is -4.45. The van der Waals surface area contributed by atoms with Crippen LogP contribution in [0.4, 0.5) is 0 Å². The minimum Gasteiger partial charge on any atom is -0.462 e. The minimum atomic E-state index is -0.816. The summed E-state index contributed by atoms with van der Waals surface area (Å²) in [5.74, 6) is -0.976. The minimum absolute atomic E-state index is 0.105. The third-order valence-corrected chi connectivity index (χ3v) is 14.1. The lowest BCUT2D eigenvalue weighted by Crippen LogP contribution is -2.30. The molecule has 0 fully saturated rings. The van der Waals surface area contributed by atoms with Gasteiger partial charge in [0.25, 0.3) is 0 Å². The van der Waals surface area contributed by atoms with Gasteiger partial charge in [0.2, 0.25) is 0 Å². The van der Waals surface area contributed by atoms with Gasteiger partial charge >= 0.3 is 17.9 Å². The highest BCUT2D eigenvalue weighted by Gasteiger charge is 2.19. The van der Waals surface area contributed by atoms with Gasteiger partial charge in [-0.15, -0.1) is 0 Å². The predicted molar refractivity (Wildman–Crippen MR) is 353 cm³/mol. The van der Waals surface area contributed by atoms with E-state index in [1.54, 1.807) is 0 Å². The molecule has 0 N–H and O–H groups in total. The molecule has 460 valence electrons. The van der Waals surface area contributed by atoms with Crippen LogP contribution in [0.25, 0.3) is 0 Å². The summed E-state index contributed by atoms with van der Waals surface area (Å²) in [6.45, 7) is 6.44. The van der Waals surface area contributed by atoms with Crippen LogP contribution in [-0.4, -0.2) is 37.2 Å². The van der Waals surface area contributed by atoms with E-state index < -0.39 is 6.10 Å². The summed E-state index contributed by atoms with van der Waals surface area (Å²) >= 11 is 0. The van der Waals surface area contributed by atoms with Crippen molar-refractivity contribution in [2.75, 3.05) is 13.2 Å². The molecule has 0 spiro atoms. The number of unbranched alkanes of at least 4 members (excludes halogenated alkanes) is 27. The molecule has 81 heavy (non-hydrogen) atoms. The van der Waals surface area contributed by atoms with Crippen LogP contribution in [0.3, 0.4) is 0 Å². The topological polar surface area (TPSA) is 78.9 Å². The summed E-state index contributed by atoms with van der Waals surface area (Å²) in [4.78, 5) is 38.4. The number of allylic oxidation sites excluding steroid dienone is 22. The monoisotopic (exact) mass is 1120 g/mol. The van der Waals surface area contributed by atoms with E-state index in [4.69, 9.17) is 14.2 Å². The standard InChI is InChI=1S/C75H124O6/c1-4-7-10-13-16-19-22-25-28-31-33-34-35-36-37-38-39-40-42-44-47-50-53-56-59-62-65-68-74(77)80-71-72(70-79-73(76)67-64-61-58-55-52-49-46-43-30-27-24-21-18-15-12-9-6-3)81-75(78)69-66-63-60-57-54-51-48-45-41-32-29-26-23-20-17-14-11-8-5-2/h9,12,17-18,20-22,25-27,29-31,33,35-36,41,45-46,49,55,58,72H,4-8,10-11,13-16,19,23-24,28,32,34,37-40,42-44,47-48,50-54,56-57,59-71H2,1-3H3/b12-9-,20-17-,21-18-,25-22-,29-26-,30-27-,33-31-,36-35-,45-41-,49-46-,58-55-. The second kappa shape index (κ2) is 68.1. The maximum absolute atomic E-state index is 12.9. The molecule has 6 nitrogen and oxygen atoms in total. The van der Waals surface area contributed by atoms with Crippen LogP contribution in [0, 0.1) is 0 Å². The Morgan fingerprint density at radius 1 is 0.259 bits per heavy atom. The van der Waals surface area contributed by atoms with E-state index in [0.717, 1.165) is 116 Å². The third kappa shape index (κ3) is 66.2. The first-order valence-electron chi connectivity index (χ1n) is 33.7. The summed E-state index contributed by atoms with van der Waals surface area (Å²) in [6.07, 6.45) is 96.1. The fraction of sp³-hybridized carbons (Fsp3) is 0.667. The van der Waals surface area contributed by atoms with Crippen molar-refractivity contribution in [2.24, 2.45) is 0 Å². The first-order valence-corrected chi connectivity index (χ1v) is 33.7. The van der Waals surface area contributed by atoms with E-state index in [9.17, 15) is 14.4 Å². The molecular weight excluding hydrogens is 997 g/mol. The molecule has 0 aromatic carbocycles. The molecule has 0 aromatic heterocycles. The highest BCUT2D eigenvalue weighted by Crippen LogP contribution is 2.15. The third-order valence-electron chi connectivity index (χ3n) is 14.1. The summed E-state index contributed by atoms with van der Waals surface area (Å²) in [5, 5.41) is 0. The van der Waals surface area contributed by atoms with Crippen LogP contribution in [0.2, 0.25) is 0 Å². The van der Waals surface area contributed by atoms with Gasteiger partial charge in [0.1, 0.15) is 13.2 Å². The Labute approximate surface area is 500 Å². The second-order valence-corrected chi connectivity index (χ2v) is 22.0. The molecule has 1 atom stereocenters. The molecule has 0 aliphatic carbocycles. The smallest absolute Gasteiger partial charge is 0.306 e. The maximum atomic E-state index is 12.9. The van der Waals surface area contributed by atoms with Crippen LogP contribution < -0.4 is 0 Å². The van der Waals surface area contributed by atoms with Crippen molar-refractivity contribution in [3.8, 4) is 0 Å². The van der Waals surface area contributed by atoms with E-state index in [2.05, 4.69) is 154 Å². The lowest BCUT2D eigenvalue weighted by Gasteiger charge is -2.18. The highest BCUT2D eigenvalue weighted by molar-refractivity contribution is 5.71. The van der Waals surface area contributed by atoms with Gasteiger partial charge < -0.3 is 14.2 Å². The number of rotatable bonds is 60. The summed E-state index contributed by atoms with van der Waals surface area (Å²) in [5.41, 5.74) is 0. The van der Waals surface area contributed by atoms with Crippen molar-refractivity contribution in [1.82, 2.24) is 0 Å². The molecular formula is C75H124O6. The molecule has 0 heterocycles. The van der Waals surface area contributed by atoms with Crippen LogP contribution >= 0.6 is 0 Å². The van der Waals surface area contributed by atoms with Gasteiger partial charge in [-0.1, -0.05) is 283 Å². The summed E-state index contributed by atoms with van der Waals surface area (Å²) in [6, 6.07) is 0. The molecule has 0 saturated heterocycles. The van der Waals surface area contributed by atoms with Crippen molar-refractivity contribution < 1.29 is 28.6 Å². The summed E-state index contributed by atoms with van der Waals surface area (Å²) < 4.78 is 16.9. The van der Waals surface area contributed by atoms with Gasteiger partial charge in [0.05, 0.1) is 0 Å². The van der Waals surface area contributed by atoms with Crippen molar-refractivity contribution in [1.29, 1.82) is 0 Å². The molecule has 1 unspecified atom stereocenters. The van der Waals surface area contributed by atoms with Crippen LogP contribution in [-0.2, 0) is 28.6 Å². The van der Waals surface area contributed by atoms with Crippen molar-refractivity contribution in [3.63, 3.8) is 0 Å². The number of ether oxygens (including phenoxy) is 3. The fourth-order valence-electron chi connectivity index (χ4n) is 9.08. The van der Waals surface area contributed by atoms with Crippen molar-refractivity contribution in [3.05, 3.63) is 134 Å². The van der Waals surface area contributed by atoms with Crippen molar-refractivity contribution in [2.45, 2.75) is 309 Å². The molecule has 0 saturated carbocycles. The number of carbonyl (C=O) groups excluding carboxylic acids is 3. The zero-order valence-electron chi connectivity index (χ0n) is 52.8. The zero-order chi connectivity index (χ0) is 58.5. The Morgan fingerprint density at radius 2 is 0.494 bits per heavy atom. The molecule has 6 heteroatoms. The van der Waals surface area contributed by atoms with Crippen LogP contribution in [0.1, 0.15) is 303 Å². The van der Waals surface area contributed by atoms with E-state index >= 15 is 0 Å². The first-order chi connectivity index (χ1) is 40.0. The number of carbonyl (C=O) groups is 3. The van der Waals surface area contributed by atoms with Gasteiger partial charge in [-0.25, -0.2) is 0 Å². The normalized spacial score (nSPS) is 13.0. The SMILES string of the molecule is CC/C=C\C/C=C\C/C=C\C/C=C\C/C=C\CCCC(=O)OCC(COC(=O)CCCCCCCCCCCCCC/C=C\C/C=C\C/C=C\CCCCCCC)OC(=O)CCCCCCCC/C=C\C/C=C\C/C=C\CCCCC. The maximum Gasteiger partial charge on any atom is 0.306 e. The highest BCUT2D eigenvalue weighted by atomic mass is 16.6. The molecule has 0 rings (SSSR count). The Balaban J connectivity index is 4.43. The lowest BCUT2D eigenvalue weighted by molar-refractivity contribution is -0.167. The zero-order valence-corrected chi connectivity index (χ0v) is 52.8. The van der Waals surface area contributed by atoms with Gasteiger partial charge in [-0.05, 0) is 135 Å². The van der Waals surface area contributed by atoms with Gasteiger partial charge in [-0.2, -0.15) is 0 Å². The predicted octanol–water partition coefficient (Wildman–Crippen LogP) is 23.3. The second-order valence-electron chi connectivity index (χ2n) is 22.0. The summed E-state index contributed by atoms with van der Waals surface area (Å²) in [7, 11) is 0. The molecule has 0 bridgehead atoms. The van der Waals surface area contributed by atoms with Crippen LogP contribution in [0.15, 0.2) is 134 Å². The number of hydrogen-bond donors (Lipinski definition) is 0. The fourth-order valence-corrected chi connectivity index (χ4v) is 9.08. The largest absolute Gasteiger partial charge is 0.462 e. The van der Waals surface area contributed by atoms with E-state index in [-0.39, 0.29) is 37.5 Å². The van der Waals surface area contributed by atoms with E-state index in [0.29, 0.717) is 19.3 Å². The van der Waals surface area contributed by atoms with Crippen LogP contribution in [0.5, 0.6) is 0 Å². The Kier molecular flexibility index (Phi) is 64.3. The number of hydrogen-bond acceptors (Lipinski definition) is 6. The van der Waals surface area contributed by atoms with E-state index in [1.165, 1.54) is 141 Å². The lowest BCUT2D eigenvalue weighted by atomic mass is 10.0. The van der Waals surface area contributed by atoms with Gasteiger partial charge in [-0.3, -0.25) is 14.4 Å². The molecule has 0 aliphatic heterocycles.